The smallest absolute Gasteiger partial charge is 0.235 e. The Bertz CT molecular complexity index is 310. The van der Waals surface area contributed by atoms with Crippen LogP contribution in [-0.2, 0) is 4.79 Å². The van der Waals surface area contributed by atoms with Gasteiger partial charge in [-0.25, -0.2) is 4.98 Å². The van der Waals surface area contributed by atoms with E-state index in [-0.39, 0.29) is 12.1 Å². The quantitative estimate of drug-likeness (QED) is 0.546. The molecule has 4 N–H and O–H groups in total. The van der Waals surface area contributed by atoms with Crippen molar-refractivity contribution in [2.75, 3.05) is 12.3 Å². The average molecular weight is 184 g/mol. The summed E-state index contributed by atoms with van der Waals surface area (Å²) < 4.78 is 0. The molecule has 12 heavy (non-hydrogen) atoms. The van der Waals surface area contributed by atoms with Gasteiger partial charge in [-0.1, -0.05) is 11.3 Å². The van der Waals surface area contributed by atoms with Crippen molar-refractivity contribution in [1.29, 1.82) is 0 Å². The molecule has 2 rings (SSSR count). The number of hydrogen-bond acceptors (Lipinski definition) is 5. The SMILES string of the molecule is Nc1ncc(C2NCC(=O)N2)s1. The van der Waals surface area contributed by atoms with Crippen LogP contribution in [-0.4, -0.2) is 17.4 Å². The molecule has 2 heterocycles. The Labute approximate surface area is 73.0 Å². The predicted molar refractivity (Wildman–Crippen MR) is 45.4 cm³/mol. The van der Waals surface area contributed by atoms with Gasteiger partial charge in [-0.2, -0.15) is 0 Å². The minimum atomic E-state index is -0.104. The monoisotopic (exact) mass is 184 g/mol. The van der Waals surface area contributed by atoms with E-state index in [2.05, 4.69) is 15.6 Å². The second-order valence-corrected chi connectivity index (χ2v) is 3.58. The minimum absolute atomic E-state index is 0.00646. The highest BCUT2D eigenvalue weighted by atomic mass is 32.1. The molecule has 1 aromatic rings. The van der Waals surface area contributed by atoms with Crippen molar-refractivity contribution in [2.45, 2.75) is 6.17 Å². The van der Waals surface area contributed by atoms with Crippen molar-refractivity contribution in [2.24, 2.45) is 0 Å². The number of nitrogens with zero attached hydrogens (tertiary/aromatic N) is 1. The normalized spacial score (nSPS) is 22.7. The number of carbonyl (C=O) groups excluding carboxylic acids is 1. The summed E-state index contributed by atoms with van der Waals surface area (Å²) in [6.07, 6.45) is 1.57. The minimum Gasteiger partial charge on any atom is -0.375 e. The van der Waals surface area contributed by atoms with Gasteiger partial charge in [0.1, 0.15) is 6.17 Å². The Hall–Kier alpha value is -1.14. The summed E-state index contributed by atoms with van der Waals surface area (Å²) in [6, 6.07) is 0. The number of amides is 1. The van der Waals surface area contributed by atoms with Gasteiger partial charge in [0.05, 0.1) is 11.4 Å². The third-order valence-corrected chi connectivity index (χ3v) is 2.49. The van der Waals surface area contributed by atoms with E-state index in [0.29, 0.717) is 11.7 Å². The van der Waals surface area contributed by atoms with Gasteiger partial charge in [0.25, 0.3) is 0 Å². The zero-order valence-electron chi connectivity index (χ0n) is 6.20. The molecule has 0 saturated carbocycles. The summed E-state index contributed by atoms with van der Waals surface area (Å²) in [6.45, 7) is 0.364. The highest BCUT2D eigenvalue weighted by Crippen LogP contribution is 2.21. The van der Waals surface area contributed by atoms with E-state index in [4.69, 9.17) is 5.73 Å². The van der Waals surface area contributed by atoms with Crippen LogP contribution in [0, 0.1) is 0 Å². The number of anilines is 1. The lowest BCUT2D eigenvalue weighted by atomic mass is 10.4. The summed E-state index contributed by atoms with van der Waals surface area (Å²) in [4.78, 5) is 15.6. The van der Waals surface area contributed by atoms with Crippen LogP contribution in [0.2, 0.25) is 0 Å². The lowest BCUT2D eigenvalue weighted by molar-refractivity contribution is -0.118. The largest absolute Gasteiger partial charge is 0.375 e. The van der Waals surface area contributed by atoms with E-state index in [1.165, 1.54) is 11.3 Å². The van der Waals surface area contributed by atoms with Crippen LogP contribution in [0.4, 0.5) is 5.13 Å². The van der Waals surface area contributed by atoms with E-state index in [1.807, 2.05) is 0 Å². The molecule has 1 aliphatic rings. The molecule has 1 fully saturated rings. The van der Waals surface area contributed by atoms with Gasteiger partial charge in [-0.05, 0) is 0 Å². The van der Waals surface area contributed by atoms with Gasteiger partial charge in [0.2, 0.25) is 5.91 Å². The Morgan fingerprint density at radius 3 is 3.08 bits per heavy atom. The third kappa shape index (κ3) is 1.26. The van der Waals surface area contributed by atoms with Crippen molar-refractivity contribution >= 4 is 22.4 Å². The topological polar surface area (TPSA) is 80.0 Å². The maximum absolute atomic E-state index is 10.8. The fraction of sp³-hybridized carbons (Fsp3) is 0.333. The Balaban J connectivity index is 2.15. The standard InChI is InChI=1S/C6H8N4OS/c7-6-9-1-3(12-6)5-8-2-4(11)10-5/h1,5,8H,2H2,(H2,7,9)(H,10,11). The van der Waals surface area contributed by atoms with E-state index in [9.17, 15) is 4.79 Å². The second-order valence-electron chi connectivity index (χ2n) is 2.48. The van der Waals surface area contributed by atoms with Crippen molar-refractivity contribution in [3.05, 3.63) is 11.1 Å². The molecule has 0 bridgehead atoms. The molecule has 1 saturated heterocycles. The van der Waals surface area contributed by atoms with Crippen molar-refractivity contribution in [3.8, 4) is 0 Å². The zero-order chi connectivity index (χ0) is 8.55. The Kier molecular flexibility index (Phi) is 1.70. The molecule has 0 spiro atoms. The maximum Gasteiger partial charge on any atom is 0.235 e. The van der Waals surface area contributed by atoms with Crippen LogP contribution in [0.3, 0.4) is 0 Å². The van der Waals surface area contributed by atoms with Crippen LogP contribution in [0.15, 0.2) is 6.20 Å². The van der Waals surface area contributed by atoms with Gasteiger partial charge in [0, 0.05) is 6.20 Å². The first-order valence-corrected chi connectivity index (χ1v) is 4.31. The first-order valence-electron chi connectivity index (χ1n) is 3.49. The molecule has 1 aliphatic heterocycles. The molecule has 0 aromatic carbocycles. The molecule has 1 atom stereocenters. The molecule has 0 radical (unpaired) electrons. The maximum atomic E-state index is 10.8. The van der Waals surface area contributed by atoms with Crippen LogP contribution in [0.1, 0.15) is 11.0 Å². The summed E-state index contributed by atoms with van der Waals surface area (Å²) in [5, 5.41) is 6.26. The van der Waals surface area contributed by atoms with Crippen LogP contribution in [0.25, 0.3) is 0 Å². The lowest BCUT2D eigenvalue weighted by Gasteiger charge is -2.05. The van der Waals surface area contributed by atoms with Gasteiger partial charge >= 0.3 is 0 Å². The first-order chi connectivity index (χ1) is 5.75. The van der Waals surface area contributed by atoms with Crippen LogP contribution in [0.5, 0.6) is 0 Å². The summed E-state index contributed by atoms with van der Waals surface area (Å²) in [5.41, 5.74) is 5.45. The molecule has 1 amide bonds. The molecular formula is C6H8N4OS. The van der Waals surface area contributed by atoms with E-state index < -0.39 is 0 Å². The fourth-order valence-electron chi connectivity index (χ4n) is 1.06. The summed E-state index contributed by atoms with van der Waals surface area (Å²) in [7, 11) is 0. The molecule has 0 aliphatic carbocycles. The molecule has 64 valence electrons. The highest BCUT2D eigenvalue weighted by molar-refractivity contribution is 7.15. The lowest BCUT2D eigenvalue weighted by Crippen LogP contribution is -2.21. The molecule has 5 nitrogen and oxygen atoms in total. The highest BCUT2D eigenvalue weighted by Gasteiger charge is 2.22. The molecule has 6 heteroatoms. The number of aromatic nitrogens is 1. The molecule has 1 unspecified atom stereocenters. The number of nitrogens with one attached hydrogen (secondary N) is 2. The number of thiazole rings is 1. The van der Waals surface area contributed by atoms with Gasteiger partial charge in [-0.15, -0.1) is 0 Å². The number of rotatable bonds is 1. The Morgan fingerprint density at radius 2 is 2.58 bits per heavy atom. The van der Waals surface area contributed by atoms with E-state index >= 15 is 0 Å². The van der Waals surface area contributed by atoms with Gasteiger partial charge in [-0.3, -0.25) is 10.1 Å². The van der Waals surface area contributed by atoms with Crippen LogP contribution >= 0.6 is 11.3 Å². The van der Waals surface area contributed by atoms with Crippen molar-refractivity contribution in [1.82, 2.24) is 15.6 Å². The van der Waals surface area contributed by atoms with Crippen LogP contribution < -0.4 is 16.4 Å². The van der Waals surface area contributed by atoms with Gasteiger partial charge < -0.3 is 11.1 Å². The number of hydrogen-bond donors (Lipinski definition) is 3. The first kappa shape index (κ1) is 7.51. The van der Waals surface area contributed by atoms with E-state index in [1.54, 1.807) is 6.20 Å². The summed E-state index contributed by atoms with van der Waals surface area (Å²) >= 11 is 1.38. The number of nitrogen functional groups attached to an aromatic ring is 1. The fourth-order valence-corrected chi connectivity index (χ4v) is 1.78. The van der Waals surface area contributed by atoms with Gasteiger partial charge in [0.15, 0.2) is 5.13 Å². The van der Waals surface area contributed by atoms with Crippen molar-refractivity contribution < 1.29 is 4.79 Å². The predicted octanol–water partition coefficient (Wildman–Crippen LogP) is -0.557. The van der Waals surface area contributed by atoms with E-state index in [0.717, 1.165) is 4.88 Å². The third-order valence-electron chi connectivity index (χ3n) is 1.60. The zero-order valence-corrected chi connectivity index (χ0v) is 7.02. The molecular weight excluding hydrogens is 176 g/mol. The number of carbonyl (C=O) groups is 1. The average Bonchev–Trinajstić information content (AvgIpc) is 2.58. The Morgan fingerprint density at radius 1 is 1.75 bits per heavy atom. The number of nitrogens with two attached hydrogens (primary N) is 1. The molecule has 1 aromatic heterocycles. The summed E-state index contributed by atoms with van der Waals surface area (Å²) in [5.74, 6) is 0.00646. The second kappa shape index (κ2) is 2.72. The van der Waals surface area contributed by atoms with Crippen molar-refractivity contribution in [3.63, 3.8) is 0 Å².